The molecule has 0 aromatic carbocycles. The Labute approximate surface area is 422 Å². The van der Waals surface area contributed by atoms with E-state index in [0.717, 1.165) is 44.9 Å². The highest BCUT2D eigenvalue weighted by Gasteiger charge is 2.27. The van der Waals surface area contributed by atoms with Crippen molar-refractivity contribution in [3.63, 3.8) is 0 Å². The summed E-state index contributed by atoms with van der Waals surface area (Å²) in [4.78, 5) is 23.3. The molecule has 3 unspecified atom stereocenters. The monoisotopic (exact) mass is 978 g/mol. The predicted octanol–water partition coefficient (Wildman–Crippen LogP) is 17.5. The van der Waals surface area contributed by atoms with E-state index in [2.05, 4.69) is 55.6 Å². The summed E-state index contributed by atoms with van der Waals surface area (Å²) >= 11 is 0. The van der Waals surface area contributed by atoms with Crippen LogP contribution >= 0.6 is 7.82 Å². The van der Waals surface area contributed by atoms with Gasteiger partial charge in [0.15, 0.2) is 0 Å². The highest BCUT2D eigenvalue weighted by atomic mass is 31.2. The fourth-order valence-corrected chi connectivity index (χ4v) is 9.16. The van der Waals surface area contributed by atoms with E-state index in [-0.39, 0.29) is 19.1 Å². The third-order valence-corrected chi connectivity index (χ3v) is 14.0. The van der Waals surface area contributed by atoms with Gasteiger partial charge < -0.3 is 19.8 Å². The summed E-state index contributed by atoms with van der Waals surface area (Å²) in [5.41, 5.74) is 0. The maximum Gasteiger partial charge on any atom is 0.472 e. The number of unbranched alkanes of at least 4 members (excludes halogenated alkanes) is 34. The lowest BCUT2D eigenvalue weighted by molar-refractivity contribution is -0.870. The van der Waals surface area contributed by atoms with Crippen molar-refractivity contribution in [3.05, 3.63) is 48.6 Å². The zero-order valence-corrected chi connectivity index (χ0v) is 46.5. The number of phosphoric ester groups is 1. The number of aliphatic hydroxyl groups excluding tert-OH is 1. The van der Waals surface area contributed by atoms with Crippen LogP contribution in [0.15, 0.2) is 48.6 Å². The lowest BCUT2D eigenvalue weighted by Crippen LogP contribution is -2.45. The van der Waals surface area contributed by atoms with Crippen molar-refractivity contribution in [2.45, 2.75) is 283 Å². The second-order valence-corrected chi connectivity index (χ2v) is 22.4. The molecule has 0 radical (unpaired) electrons. The Morgan fingerprint density at radius 3 is 1.18 bits per heavy atom. The Bertz CT molecular complexity index is 1250. The van der Waals surface area contributed by atoms with Gasteiger partial charge in [-0.25, -0.2) is 4.57 Å². The van der Waals surface area contributed by atoms with Gasteiger partial charge in [-0.05, 0) is 70.6 Å². The molecule has 3 N–H and O–H groups in total. The maximum atomic E-state index is 13.0. The Morgan fingerprint density at radius 1 is 0.485 bits per heavy atom. The van der Waals surface area contributed by atoms with E-state index in [1.807, 2.05) is 27.2 Å². The number of carbonyl (C=O) groups excluding carboxylic acids is 1. The molecule has 68 heavy (non-hydrogen) atoms. The quantitative estimate of drug-likeness (QED) is 0.0243. The zero-order chi connectivity index (χ0) is 49.9. The van der Waals surface area contributed by atoms with E-state index in [9.17, 15) is 19.4 Å². The van der Waals surface area contributed by atoms with Crippen LogP contribution in [0.4, 0.5) is 0 Å². The highest BCUT2D eigenvalue weighted by Crippen LogP contribution is 2.43. The van der Waals surface area contributed by atoms with E-state index in [1.165, 1.54) is 205 Å². The van der Waals surface area contributed by atoms with Crippen LogP contribution in [0, 0.1) is 0 Å². The van der Waals surface area contributed by atoms with E-state index in [0.29, 0.717) is 17.4 Å². The number of carbonyl (C=O) groups is 1. The number of aliphatic hydroxyl groups is 1. The smallest absolute Gasteiger partial charge is 0.387 e. The van der Waals surface area contributed by atoms with Gasteiger partial charge in [0, 0.05) is 6.42 Å². The molecule has 3 atom stereocenters. The summed E-state index contributed by atoms with van der Waals surface area (Å²) in [5.74, 6) is -0.192. The molecule has 0 bridgehead atoms. The van der Waals surface area contributed by atoms with Crippen molar-refractivity contribution in [2.75, 3.05) is 40.9 Å². The SMILES string of the molecule is CCCCCCCCCCCCCC/C=C\CCCCCCCCCCC(=O)NC(COP(=O)(O)OCC[N+](C)(C)C)C(O)/C=C/CC/C=C/CC/C=C/CCCCCCCCCCCCCC. The van der Waals surface area contributed by atoms with Gasteiger partial charge in [-0.3, -0.25) is 13.8 Å². The first-order chi connectivity index (χ1) is 33.0. The summed E-state index contributed by atoms with van der Waals surface area (Å²) < 4.78 is 23.7. The molecular formula is C59H114N2O6P+. The summed E-state index contributed by atoms with van der Waals surface area (Å²) in [6.45, 7) is 4.81. The zero-order valence-electron chi connectivity index (χ0n) is 45.6. The summed E-state index contributed by atoms with van der Waals surface area (Å²) in [7, 11) is 1.55. The molecule has 0 aliphatic carbocycles. The van der Waals surface area contributed by atoms with Gasteiger partial charge in [0.1, 0.15) is 13.2 Å². The summed E-state index contributed by atoms with van der Waals surface area (Å²) in [6.07, 6.45) is 66.5. The topological polar surface area (TPSA) is 105 Å². The van der Waals surface area contributed by atoms with Crippen LogP contribution in [0.1, 0.15) is 271 Å². The van der Waals surface area contributed by atoms with Crippen LogP contribution < -0.4 is 5.32 Å². The maximum absolute atomic E-state index is 13.0. The van der Waals surface area contributed by atoms with Gasteiger partial charge >= 0.3 is 7.82 Å². The van der Waals surface area contributed by atoms with E-state index < -0.39 is 20.0 Å². The van der Waals surface area contributed by atoms with Crippen molar-refractivity contribution in [1.82, 2.24) is 5.32 Å². The van der Waals surface area contributed by atoms with Crippen molar-refractivity contribution < 1.29 is 32.9 Å². The van der Waals surface area contributed by atoms with Gasteiger partial charge in [-0.1, -0.05) is 242 Å². The number of nitrogens with one attached hydrogen (secondary N) is 1. The molecule has 8 nitrogen and oxygen atoms in total. The Kier molecular flexibility index (Phi) is 49.3. The minimum absolute atomic E-state index is 0.0525. The molecule has 0 aromatic rings. The molecule has 0 spiro atoms. The highest BCUT2D eigenvalue weighted by molar-refractivity contribution is 7.47. The van der Waals surface area contributed by atoms with Crippen LogP contribution in [0.3, 0.4) is 0 Å². The third kappa shape index (κ3) is 52.3. The Balaban J connectivity index is 4.29. The third-order valence-electron chi connectivity index (χ3n) is 13.0. The van der Waals surface area contributed by atoms with Crippen molar-refractivity contribution in [3.8, 4) is 0 Å². The second-order valence-electron chi connectivity index (χ2n) is 21.0. The normalized spacial score (nSPS) is 14.3. The van der Waals surface area contributed by atoms with Crippen molar-refractivity contribution in [2.24, 2.45) is 0 Å². The average molecular weight is 979 g/mol. The second kappa shape index (κ2) is 50.4. The van der Waals surface area contributed by atoms with Crippen molar-refractivity contribution in [1.29, 1.82) is 0 Å². The molecule has 0 rings (SSSR count). The van der Waals surface area contributed by atoms with Gasteiger partial charge in [0.25, 0.3) is 0 Å². The van der Waals surface area contributed by atoms with Crippen LogP contribution in [0.2, 0.25) is 0 Å². The molecular weight excluding hydrogens is 864 g/mol. The Hall–Kier alpha value is -1.54. The lowest BCUT2D eigenvalue weighted by atomic mass is 10.0. The molecule has 0 aliphatic rings. The van der Waals surface area contributed by atoms with E-state index in [4.69, 9.17) is 9.05 Å². The molecule has 0 aliphatic heterocycles. The Morgan fingerprint density at radius 2 is 0.809 bits per heavy atom. The van der Waals surface area contributed by atoms with Crippen molar-refractivity contribution >= 4 is 13.7 Å². The number of phosphoric acid groups is 1. The summed E-state index contributed by atoms with van der Waals surface area (Å²) in [5, 5.41) is 13.9. The molecule has 1 amide bonds. The lowest BCUT2D eigenvalue weighted by Gasteiger charge is -2.25. The largest absolute Gasteiger partial charge is 0.472 e. The van der Waals surface area contributed by atoms with Gasteiger partial charge in [0.2, 0.25) is 5.91 Å². The molecule has 0 saturated heterocycles. The average Bonchev–Trinajstić information content (AvgIpc) is 3.30. The van der Waals surface area contributed by atoms with Gasteiger partial charge in [-0.15, -0.1) is 0 Å². The molecule has 0 saturated carbocycles. The van der Waals surface area contributed by atoms with E-state index >= 15 is 0 Å². The number of hydrogen-bond acceptors (Lipinski definition) is 5. The molecule has 0 aromatic heterocycles. The van der Waals surface area contributed by atoms with Gasteiger partial charge in [-0.2, -0.15) is 0 Å². The van der Waals surface area contributed by atoms with Crippen LogP contribution in [-0.4, -0.2) is 73.4 Å². The number of hydrogen-bond donors (Lipinski definition) is 3. The first-order valence-corrected chi connectivity index (χ1v) is 30.5. The predicted molar refractivity (Wildman–Crippen MR) is 295 cm³/mol. The number of amides is 1. The van der Waals surface area contributed by atoms with Crippen LogP contribution in [0.25, 0.3) is 0 Å². The molecule has 0 heterocycles. The standard InChI is InChI=1S/C59H113N2O6P/c1-6-8-10-12-14-16-18-20-22-24-26-28-30-31-33-35-37-39-41-43-45-47-49-51-53-59(63)60-57(56-67-68(64,65)66-55-54-61(3,4)5)58(62)52-50-48-46-44-42-40-38-36-34-32-29-27-25-23-21-19-17-15-13-11-9-7-2/h31,33-34,36,42,44,50,52,57-58,62H,6-30,32,35,37-41,43,45-49,51,53-56H2,1-5H3,(H-,60,63,64,65)/p+1/b33-31-,36-34+,44-42+,52-50+. The first kappa shape index (κ1) is 66.5. The summed E-state index contributed by atoms with van der Waals surface area (Å²) in [6, 6.07) is -0.873. The molecule has 9 heteroatoms. The van der Waals surface area contributed by atoms with Crippen LogP contribution in [0.5, 0.6) is 0 Å². The minimum Gasteiger partial charge on any atom is -0.387 e. The molecule has 0 fully saturated rings. The van der Waals surface area contributed by atoms with E-state index in [1.54, 1.807) is 6.08 Å². The fraction of sp³-hybridized carbons (Fsp3) is 0.847. The number of quaternary nitrogens is 1. The number of allylic oxidation sites excluding steroid dienone is 7. The number of rotatable bonds is 53. The van der Waals surface area contributed by atoms with Gasteiger partial charge in [0.05, 0.1) is 39.9 Å². The number of nitrogens with zero attached hydrogens (tertiary/aromatic N) is 1. The molecule has 400 valence electrons. The fourth-order valence-electron chi connectivity index (χ4n) is 8.42. The minimum atomic E-state index is -4.36. The first-order valence-electron chi connectivity index (χ1n) is 29.0. The van der Waals surface area contributed by atoms with Crippen LogP contribution in [-0.2, 0) is 18.4 Å². The number of likely N-dealkylation sites (N-methyl/N-ethyl adjacent to an activating group) is 1.